The normalized spacial score (nSPS) is 12.0. The van der Waals surface area contributed by atoms with E-state index in [-0.39, 0.29) is 0 Å². The van der Waals surface area contributed by atoms with Crippen molar-refractivity contribution in [3.63, 3.8) is 0 Å². The molecule has 0 bridgehead atoms. The topological polar surface area (TPSA) is 43.9 Å². The number of hydrogen-bond acceptors (Lipinski definition) is 4. The van der Waals surface area contributed by atoms with Crippen LogP contribution in [0, 0.1) is 0 Å². The minimum atomic E-state index is 0.684. The molecule has 0 aliphatic rings. The van der Waals surface area contributed by atoms with Crippen molar-refractivity contribution in [1.29, 1.82) is 0 Å². The van der Waals surface area contributed by atoms with E-state index in [0.29, 0.717) is 11.4 Å². The van der Waals surface area contributed by atoms with Gasteiger partial charge in [-0.3, -0.25) is 0 Å². The summed E-state index contributed by atoms with van der Waals surface area (Å²) >= 11 is 1.87. The Balaban J connectivity index is 1.22. The summed E-state index contributed by atoms with van der Waals surface area (Å²) in [4.78, 5) is 10.1. The van der Waals surface area contributed by atoms with E-state index in [1.54, 1.807) is 0 Å². The second-order valence-electron chi connectivity index (χ2n) is 11.4. The molecule has 0 aliphatic heterocycles. The second-order valence-corrected chi connectivity index (χ2v) is 12.4. The first-order chi connectivity index (χ1) is 22.3. The lowest BCUT2D eigenvalue weighted by Crippen LogP contribution is -1.96. The molecule has 10 aromatic rings. The van der Waals surface area contributed by atoms with Crippen LogP contribution in [0.5, 0.6) is 0 Å². The zero-order valence-electron chi connectivity index (χ0n) is 23.9. The van der Waals surface area contributed by atoms with E-state index in [4.69, 9.17) is 14.4 Å². The predicted octanol–water partition coefficient (Wildman–Crippen LogP) is 11.2. The molecule has 4 aromatic heterocycles. The highest BCUT2D eigenvalue weighted by atomic mass is 32.1. The van der Waals surface area contributed by atoms with E-state index in [9.17, 15) is 0 Å². The highest BCUT2D eigenvalue weighted by molar-refractivity contribution is 7.26. The second kappa shape index (κ2) is 9.36. The molecule has 10 rings (SSSR count). The number of furan rings is 1. The molecule has 0 saturated carbocycles. The van der Waals surface area contributed by atoms with Gasteiger partial charge in [0.1, 0.15) is 16.8 Å². The summed E-state index contributed by atoms with van der Waals surface area (Å²) in [5.74, 6) is 0.684. The fourth-order valence-corrected chi connectivity index (χ4v) is 8.01. The molecule has 0 fully saturated rings. The van der Waals surface area contributed by atoms with Crippen molar-refractivity contribution >= 4 is 75.4 Å². The number of para-hydroxylation sites is 2. The third kappa shape index (κ3) is 3.59. The summed E-state index contributed by atoms with van der Waals surface area (Å²) in [5, 5.41) is 6.11. The molecule has 210 valence electrons. The van der Waals surface area contributed by atoms with Gasteiger partial charge in [0.05, 0.1) is 15.7 Å². The van der Waals surface area contributed by atoms with E-state index in [1.165, 1.54) is 42.0 Å². The molecule has 0 unspecified atom stereocenters. The van der Waals surface area contributed by atoms with E-state index in [2.05, 4.69) is 95.6 Å². The molecule has 0 amide bonds. The van der Waals surface area contributed by atoms with Gasteiger partial charge in [0.25, 0.3) is 0 Å². The highest BCUT2D eigenvalue weighted by Gasteiger charge is 2.20. The van der Waals surface area contributed by atoms with Crippen LogP contribution >= 0.6 is 11.3 Å². The number of nitrogens with zero attached hydrogens (tertiary/aromatic N) is 3. The van der Waals surface area contributed by atoms with Gasteiger partial charge in [-0.15, -0.1) is 11.3 Å². The molecule has 0 aliphatic carbocycles. The highest BCUT2D eigenvalue weighted by Crippen LogP contribution is 2.43. The van der Waals surface area contributed by atoms with E-state index >= 15 is 0 Å². The SMILES string of the molecule is c1ccc(-c2nc(-c3ccc(-n4c5ccccc5c5ccc6c7ccccc7sc6c54)cc3)c3oc4ccccc4c3n2)cc1. The van der Waals surface area contributed by atoms with Gasteiger partial charge in [-0.05, 0) is 36.4 Å². The Kier molecular flexibility index (Phi) is 5.12. The number of benzene rings is 6. The monoisotopic (exact) mass is 593 g/mol. The van der Waals surface area contributed by atoms with Crippen molar-refractivity contribution in [3.8, 4) is 28.3 Å². The number of fused-ring (bicyclic) bond motifs is 10. The molecule has 5 heteroatoms. The molecule has 4 nitrogen and oxygen atoms in total. The molecular weight excluding hydrogens is 571 g/mol. The molecule has 4 heterocycles. The predicted molar refractivity (Wildman–Crippen MR) is 187 cm³/mol. The van der Waals surface area contributed by atoms with Crippen molar-refractivity contribution in [2.45, 2.75) is 0 Å². The Morgan fingerprint density at radius 1 is 0.533 bits per heavy atom. The Labute approximate surface area is 261 Å². The van der Waals surface area contributed by atoms with Crippen LogP contribution in [0.1, 0.15) is 0 Å². The average Bonchev–Trinajstić information content (AvgIpc) is 3.78. The summed E-state index contributed by atoms with van der Waals surface area (Å²) in [6.07, 6.45) is 0. The van der Waals surface area contributed by atoms with Crippen LogP contribution in [-0.4, -0.2) is 14.5 Å². The van der Waals surface area contributed by atoms with Crippen LogP contribution in [0.3, 0.4) is 0 Å². The molecule has 45 heavy (non-hydrogen) atoms. The summed E-state index contributed by atoms with van der Waals surface area (Å²) in [5.41, 5.74) is 8.62. The van der Waals surface area contributed by atoms with Crippen molar-refractivity contribution in [3.05, 3.63) is 140 Å². The quantitative estimate of drug-likeness (QED) is 0.205. The van der Waals surface area contributed by atoms with Gasteiger partial charge in [0.2, 0.25) is 0 Å². The van der Waals surface area contributed by atoms with E-state index in [1.807, 2.05) is 59.9 Å². The Hall–Kier alpha value is -5.78. The molecule has 0 radical (unpaired) electrons. The van der Waals surface area contributed by atoms with Crippen molar-refractivity contribution in [1.82, 2.24) is 14.5 Å². The minimum Gasteiger partial charge on any atom is -0.452 e. The van der Waals surface area contributed by atoms with Gasteiger partial charge in [-0.1, -0.05) is 103 Å². The van der Waals surface area contributed by atoms with Crippen molar-refractivity contribution in [2.75, 3.05) is 0 Å². The third-order valence-electron chi connectivity index (χ3n) is 8.83. The lowest BCUT2D eigenvalue weighted by molar-refractivity contribution is 0.667. The molecular formula is C40H23N3OS. The summed E-state index contributed by atoms with van der Waals surface area (Å²) in [6, 6.07) is 48.9. The molecule has 0 N–H and O–H groups in total. The minimum absolute atomic E-state index is 0.684. The average molecular weight is 594 g/mol. The van der Waals surface area contributed by atoms with Gasteiger partial charge in [0, 0.05) is 48.4 Å². The summed E-state index contributed by atoms with van der Waals surface area (Å²) < 4.78 is 11.4. The maximum absolute atomic E-state index is 6.39. The first kappa shape index (κ1) is 24.6. The Bertz CT molecular complexity index is 2750. The van der Waals surface area contributed by atoms with Gasteiger partial charge in [-0.25, -0.2) is 9.97 Å². The van der Waals surface area contributed by atoms with Gasteiger partial charge >= 0.3 is 0 Å². The Morgan fingerprint density at radius 2 is 1.24 bits per heavy atom. The maximum Gasteiger partial charge on any atom is 0.180 e. The first-order valence-electron chi connectivity index (χ1n) is 15.0. The summed E-state index contributed by atoms with van der Waals surface area (Å²) in [7, 11) is 0. The number of rotatable bonds is 3. The molecule has 6 aromatic carbocycles. The van der Waals surface area contributed by atoms with Crippen LogP contribution in [0.25, 0.3) is 92.4 Å². The van der Waals surface area contributed by atoms with Crippen LogP contribution < -0.4 is 0 Å². The van der Waals surface area contributed by atoms with Gasteiger partial charge in [0.15, 0.2) is 11.4 Å². The lowest BCUT2D eigenvalue weighted by Gasteiger charge is -2.10. The largest absolute Gasteiger partial charge is 0.452 e. The van der Waals surface area contributed by atoms with Crippen molar-refractivity contribution < 1.29 is 4.42 Å². The third-order valence-corrected chi connectivity index (χ3v) is 10.0. The number of thiophene rings is 1. The maximum atomic E-state index is 6.39. The molecule has 0 atom stereocenters. The fourth-order valence-electron chi connectivity index (χ4n) is 6.77. The fraction of sp³-hybridized carbons (Fsp3) is 0. The van der Waals surface area contributed by atoms with Gasteiger partial charge in [-0.2, -0.15) is 0 Å². The standard InChI is InChI=1S/C40H23N3OS/c1-2-10-25(11-3-1)40-41-35(38-36(42-40)31-14-5-8-16-33(31)44-38)24-18-20-26(21-19-24)43-32-15-7-4-12-27(32)29-22-23-30-28-13-6-9-17-34(28)45-39(30)37(29)43/h1-23H. The summed E-state index contributed by atoms with van der Waals surface area (Å²) in [6.45, 7) is 0. The van der Waals surface area contributed by atoms with Crippen molar-refractivity contribution in [2.24, 2.45) is 0 Å². The van der Waals surface area contributed by atoms with Crippen LogP contribution in [0.4, 0.5) is 0 Å². The lowest BCUT2D eigenvalue weighted by atomic mass is 10.1. The Morgan fingerprint density at radius 3 is 2.11 bits per heavy atom. The van der Waals surface area contributed by atoms with E-state index in [0.717, 1.165) is 39.0 Å². The first-order valence-corrected chi connectivity index (χ1v) is 15.8. The van der Waals surface area contributed by atoms with Gasteiger partial charge < -0.3 is 8.98 Å². The smallest absolute Gasteiger partial charge is 0.180 e. The zero-order chi connectivity index (χ0) is 29.5. The number of aromatic nitrogens is 3. The zero-order valence-corrected chi connectivity index (χ0v) is 24.8. The molecule has 0 spiro atoms. The van der Waals surface area contributed by atoms with Crippen LogP contribution in [0.2, 0.25) is 0 Å². The van der Waals surface area contributed by atoms with Crippen LogP contribution in [0.15, 0.2) is 144 Å². The van der Waals surface area contributed by atoms with Crippen LogP contribution in [-0.2, 0) is 0 Å². The molecule has 0 saturated heterocycles. The van der Waals surface area contributed by atoms with E-state index < -0.39 is 0 Å². The number of hydrogen-bond donors (Lipinski definition) is 0.